The van der Waals surface area contributed by atoms with Crippen molar-refractivity contribution >= 4 is 17.4 Å². The molecular weight excluding hydrogens is 492 g/mol. The lowest BCUT2D eigenvalue weighted by molar-refractivity contribution is 0.121. The molecule has 0 amide bonds. The van der Waals surface area contributed by atoms with E-state index >= 15 is 0 Å². The van der Waals surface area contributed by atoms with Gasteiger partial charge >= 0.3 is 17.4 Å². The second kappa shape index (κ2) is 14.3. The lowest BCUT2D eigenvalue weighted by Gasteiger charge is -2.27. The second-order valence-corrected chi connectivity index (χ2v) is 16.1. The zero-order valence-electron chi connectivity index (χ0n) is 23.2. The molecule has 0 atom stereocenters. The largest absolute Gasteiger partial charge is 0.500 e. The first-order valence-electron chi connectivity index (χ1n) is 12.4. The first kappa shape index (κ1) is 30.5. The Bertz CT molecular complexity index is 872. The third-order valence-electron chi connectivity index (χ3n) is 6.89. The molecule has 0 aliphatic heterocycles. The van der Waals surface area contributed by atoms with E-state index in [-0.39, 0.29) is 5.41 Å². The molecule has 0 radical (unpaired) electrons. The van der Waals surface area contributed by atoms with Gasteiger partial charge in [0, 0.05) is 47.0 Å². The molecule has 0 aromatic heterocycles. The molecule has 0 N–H and O–H groups in total. The van der Waals surface area contributed by atoms with Crippen LogP contribution in [-0.4, -0.2) is 66.1 Å². The van der Waals surface area contributed by atoms with Crippen molar-refractivity contribution in [1.29, 1.82) is 0 Å². The van der Waals surface area contributed by atoms with E-state index in [4.69, 9.17) is 31.6 Å². The van der Waals surface area contributed by atoms with Crippen LogP contribution in [-0.2, 0) is 27.5 Å². The van der Waals surface area contributed by atoms with Gasteiger partial charge in [-0.05, 0) is 60.8 Å². The molecule has 36 heavy (non-hydrogen) atoms. The van der Waals surface area contributed by atoms with Gasteiger partial charge in [0.1, 0.15) is 11.5 Å². The zero-order valence-corrected chi connectivity index (χ0v) is 25.2. The quantitative estimate of drug-likeness (QED) is 0.187. The Hall–Kier alpha value is -1.73. The maximum absolute atomic E-state index is 5.94. The first-order valence-corrected chi connectivity index (χ1v) is 16.9. The first-order chi connectivity index (χ1) is 17.2. The normalized spacial score (nSPS) is 12.6. The van der Waals surface area contributed by atoms with Gasteiger partial charge in [0.25, 0.3) is 0 Å². The molecule has 9 heteroatoms. The van der Waals surface area contributed by atoms with Crippen LogP contribution in [0.1, 0.15) is 37.8 Å². The van der Waals surface area contributed by atoms with Gasteiger partial charge in [0.2, 0.25) is 0 Å². The average Bonchev–Trinajstić information content (AvgIpc) is 2.92. The third kappa shape index (κ3) is 8.41. The molecule has 0 heterocycles. The lowest BCUT2D eigenvalue weighted by atomic mass is 9.78. The fraction of sp³-hybridized carbons (Fsp3) is 0.556. The van der Waals surface area contributed by atoms with Crippen LogP contribution in [0.5, 0.6) is 11.5 Å². The molecular formula is C27H44O7Si2. The summed E-state index contributed by atoms with van der Waals surface area (Å²) in [4.78, 5) is 0. The minimum atomic E-state index is -2.55. The van der Waals surface area contributed by atoms with Crippen molar-refractivity contribution in [2.75, 3.05) is 48.8 Å². The van der Waals surface area contributed by atoms with E-state index in [2.05, 4.69) is 44.7 Å². The molecule has 0 unspecified atom stereocenters. The van der Waals surface area contributed by atoms with Crippen LogP contribution in [0.25, 0.3) is 0 Å². The van der Waals surface area contributed by atoms with Gasteiger partial charge < -0.3 is 31.6 Å². The van der Waals surface area contributed by atoms with Crippen LogP contribution in [0.2, 0.25) is 18.6 Å². The molecule has 2 aromatic rings. The number of hydrogen-bond acceptors (Lipinski definition) is 7. The van der Waals surface area contributed by atoms with Crippen molar-refractivity contribution in [2.24, 2.45) is 0 Å². The molecule has 2 rings (SSSR count). The lowest BCUT2D eigenvalue weighted by Crippen LogP contribution is -2.42. The summed E-state index contributed by atoms with van der Waals surface area (Å²) in [6.45, 7) is 7.74. The molecule has 0 aliphatic carbocycles. The monoisotopic (exact) mass is 536 g/mol. The summed E-state index contributed by atoms with van der Waals surface area (Å²) in [7, 11) is 3.74. The van der Waals surface area contributed by atoms with Gasteiger partial charge in [0.05, 0.1) is 13.2 Å². The van der Waals surface area contributed by atoms with E-state index in [0.29, 0.717) is 19.3 Å². The van der Waals surface area contributed by atoms with Crippen LogP contribution >= 0.6 is 0 Å². The van der Waals surface area contributed by atoms with E-state index in [1.165, 1.54) is 11.1 Å². The molecule has 0 bridgehead atoms. The smallest absolute Gasteiger partial charge is 0.494 e. The average molecular weight is 537 g/mol. The Balaban J connectivity index is 1.88. The fourth-order valence-electron chi connectivity index (χ4n) is 4.01. The number of hydrogen-bond donors (Lipinski definition) is 0. The van der Waals surface area contributed by atoms with Crippen molar-refractivity contribution in [2.45, 2.75) is 50.7 Å². The number of benzene rings is 2. The summed E-state index contributed by atoms with van der Waals surface area (Å²) >= 11 is 0. The van der Waals surface area contributed by atoms with E-state index in [1.807, 2.05) is 24.3 Å². The predicted molar refractivity (Wildman–Crippen MR) is 147 cm³/mol. The Labute approximate surface area is 219 Å². The van der Waals surface area contributed by atoms with Crippen LogP contribution in [0, 0.1) is 0 Å². The molecule has 202 valence electrons. The highest BCUT2D eigenvalue weighted by molar-refractivity contribution is 6.65. The van der Waals surface area contributed by atoms with E-state index in [1.54, 1.807) is 35.5 Å². The van der Waals surface area contributed by atoms with Crippen LogP contribution in [0.3, 0.4) is 0 Å². The molecule has 0 spiro atoms. The molecule has 7 nitrogen and oxygen atoms in total. The predicted octanol–water partition coefficient (Wildman–Crippen LogP) is 5.79. The standard InChI is InChI=1S/C27H44O7Si2/c1-27(2,23-11-15-25(16-12-23)33-19-9-21-35(8,28-3)29-4)24-13-17-26(18-14-24)34-20-10-22-36(30-5,31-6)32-7/h11-18H,9-10,19-22H2,1-8H3. The van der Waals surface area contributed by atoms with Gasteiger partial charge in [-0.25, -0.2) is 0 Å². The summed E-state index contributed by atoms with van der Waals surface area (Å²) < 4.78 is 39.3. The highest BCUT2D eigenvalue weighted by Crippen LogP contribution is 2.33. The molecule has 0 fully saturated rings. The molecule has 2 aromatic carbocycles. The topological polar surface area (TPSA) is 64.6 Å². The third-order valence-corrected chi connectivity index (χ3v) is 12.7. The zero-order chi connectivity index (χ0) is 26.7. The van der Waals surface area contributed by atoms with Crippen LogP contribution < -0.4 is 9.47 Å². The minimum Gasteiger partial charge on any atom is -0.494 e. The second-order valence-electron chi connectivity index (χ2n) is 9.42. The van der Waals surface area contributed by atoms with Crippen molar-refractivity contribution < 1.29 is 31.6 Å². The fourth-order valence-corrected chi connectivity index (χ4v) is 7.06. The van der Waals surface area contributed by atoms with Gasteiger partial charge in [-0.1, -0.05) is 38.1 Å². The van der Waals surface area contributed by atoms with Crippen molar-refractivity contribution in [1.82, 2.24) is 0 Å². The summed E-state index contributed by atoms with van der Waals surface area (Å²) in [5, 5.41) is 0. The maximum atomic E-state index is 5.94. The summed E-state index contributed by atoms with van der Waals surface area (Å²) in [6.07, 6.45) is 1.70. The van der Waals surface area contributed by atoms with Gasteiger partial charge in [0.15, 0.2) is 0 Å². The Kier molecular flexibility index (Phi) is 12.1. The van der Waals surface area contributed by atoms with Crippen molar-refractivity contribution in [3.05, 3.63) is 59.7 Å². The number of rotatable bonds is 17. The Morgan fingerprint density at radius 2 is 0.972 bits per heavy atom. The molecule has 0 saturated heterocycles. The minimum absolute atomic E-state index is 0.151. The summed E-state index contributed by atoms with van der Waals surface area (Å²) in [5.41, 5.74) is 2.29. The number of ether oxygens (including phenoxy) is 2. The van der Waals surface area contributed by atoms with Crippen molar-refractivity contribution in [3.8, 4) is 11.5 Å². The maximum Gasteiger partial charge on any atom is 0.500 e. The summed E-state index contributed by atoms with van der Waals surface area (Å²) in [6, 6.07) is 18.3. The van der Waals surface area contributed by atoms with Crippen molar-refractivity contribution in [3.63, 3.8) is 0 Å². The van der Waals surface area contributed by atoms with Gasteiger partial charge in [-0.2, -0.15) is 0 Å². The van der Waals surface area contributed by atoms with Crippen LogP contribution in [0.4, 0.5) is 0 Å². The Morgan fingerprint density at radius 3 is 1.33 bits per heavy atom. The van der Waals surface area contributed by atoms with E-state index in [0.717, 1.165) is 30.4 Å². The van der Waals surface area contributed by atoms with Crippen LogP contribution in [0.15, 0.2) is 48.5 Å². The Morgan fingerprint density at radius 1 is 0.583 bits per heavy atom. The van der Waals surface area contributed by atoms with Gasteiger partial charge in [-0.15, -0.1) is 0 Å². The van der Waals surface area contributed by atoms with Gasteiger partial charge in [-0.3, -0.25) is 0 Å². The SMILES string of the molecule is CO[Si](C)(CCCOc1ccc(C(C)(C)c2ccc(OCCC[Si](OC)(OC)OC)cc2)cc1)OC. The highest BCUT2D eigenvalue weighted by Gasteiger charge is 2.37. The molecule has 0 saturated carbocycles. The summed E-state index contributed by atoms with van der Waals surface area (Å²) in [5.74, 6) is 1.72. The highest BCUT2D eigenvalue weighted by atomic mass is 28.4. The van der Waals surface area contributed by atoms with E-state index < -0.39 is 17.4 Å². The van der Waals surface area contributed by atoms with E-state index in [9.17, 15) is 0 Å². The molecule has 0 aliphatic rings.